The number of pyridine rings is 1. The van der Waals surface area contributed by atoms with Gasteiger partial charge in [-0.3, -0.25) is 9.78 Å². The van der Waals surface area contributed by atoms with Gasteiger partial charge in [0.05, 0.1) is 0 Å². The van der Waals surface area contributed by atoms with Crippen molar-refractivity contribution in [3.8, 4) is 11.1 Å². The molecule has 2 heterocycles. The van der Waals surface area contributed by atoms with Gasteiger partial charge in [-0.2, -0.15) is 0 Å². The molecule has 4 N–H and O–H groups in total. The molecule has 23 heavy (non-hydrogen) atoms. The fourth-order valence-corrected chi connectivity index (χ4v) is 2.40. The first-order valence-corrected chi connectivity index (χ1v) is 7.64. The Kier molecular flexibility index (Phi) is 5.49. The van der Waals surface area contributed by atoms with Crippen molar-refractivity contribution in [3.05, 3.63) is 54.5 Å². The Morgan fingerprint density at radius 1 is 1.22 bits per heavy atom. The molecule has 0 aliphatic heterocycles. The van der Waals surface area contributed by atoms with Gasteiger partial charge in [0.1, 0.15) is 6.04 Å². The van der Waals surface area contributed by atoms with E-state index in [4.69, 9.17) is 10.8 Å². The van der Waals surface area contributed by atoms with E-state index in [-0.39, 0.29) is 0 Å². The number of benzene rings is 1. The summed E-state index contributed by atoms with van der Waals surface area (Å²) in [4.78, 5) is 18.0. The maximum atomic E-state index is 10.9. The van der Waals surface area contributed by atoms with E-state index in [1.165, 1.54) is 0 Å². The van der Waals surface area contributed by atoms with Gasteiger partial charge in [-0.1, -0.05) is 26.0 Å². The molecule has 1 atom stereocenters. The maximum absolute atomic E-state index is 10.9. The minimum Gasteiger partial charge on any atom is -0.480 e. The van der Waals surface area contributed by atoms with Crippen molar-refractivity contribution in [2.24, 2.45) is 5.73 Å². The van der Waals surface area contributed by atoms with Crippen LogP contribution in [0.5, 0.6) is 0 Å². The summed E-state index contributed by atoms with van der Waals surface area (Å²) >= 11 is 0. The molecule has 2 aromatic heterocycles. The Bertz CT molecular complexity index is 781. The molecule has 0 fully saturated rings. The number of carboxylic acids is 1. The van der Waals surface area contributed by atoms with Crippen molar-refractivity contribution in [2.45, 2.75) is 26.3 Å². The highest BCUT2D eigenvalue weighted by Crippen LogP contribution is 2.26. The smallest absolute Gasteiger partial charge is 0.320 e. The molecule has 1 aromatic carbocycles. The van der Waals surface area contributed by atoms with E-state index in [9.17, 15) is 4.79 Å². The van der Waals surface area contributed by atoms with Crippen molar-refractivity contribution in [3.63, 3.8) is 0 Å². The minimum absolute atomic E-state index is 0.309. The van der Waals surface area contributed by atoms with Gasteiger partial charge in [0.15, 0.2) is 0 Å². The molecule has 0 saturated carbocycles. The lowest BCUT2D eigenvalue weighted by atomic mass is 10.0. The summed E-state index contributed by atoms with van der Waals surface area (Å²) < 4.78 is 0. The van der Waals surface area contributed by atoms with E-state index in [1.807, 2.05) is 50.4 Å². The minimum atomic E-state index is -0.988. The van der Waals surface area contributed by atoms with Gasteiger partial charge in [-0.25, -0.2) is 0 Å². The van der Waals surface area contributed by atoms with Crippen LogP contribution in [0, 0.1) is 0 Å². The zero-order valence-corrected chi connectivity index (χ0v) is 13.3. The van der Waals surface area contributed by atoms with Crippen LogP contribution in [-0.4, -0.2) is 27.1 Å². The van der Waals surface area contributed by atoms with Crippen molar-refractivity contribution >= 4 is 16.9 Å². The summed E-state index contributed by atoms with van der Waals surface area (Å²) in [5, 5.41) is 9.91. The number of hydrogen-bond acceptors (Lipinski definition) is 3. The van der Waals surface area contributed by atoms with Gasteiger partial charge in [0.25, 0.3) is 0 Å². The average Bonchev–Trinajstić information content (AvgIpc) is 2.99. The van der Waals surface area contributed by atoms with Crippen molar-refractivity contribution in [1.82, 2.24) is 9.97 Å². The Balaban J connectivity index is 0.000000924. The molecule has 1 unspecified atom stereocenters. The monoisotopic (exact) mass is 311 g/mol. The Morgan fingerprint density at radius 2 is 1.91 bits per heavy atom. The number of H-pyrrole nitrogens is 1. The zero-order chi connectivity index (χ0) is 16.8. The Hall–Kier alpha value is -2.66. The van der Waals surface area contributed by atoms with Crippen LogP contribution in [0.1, 0.15) is 19.4 Å². The lowest BCUT2D eigenvalue weighted by Crippen LogP contribution is -2.32. The highest BCUT2D eigenvalue weighted by molar-refractivity contribution is 5.88. The van der Waals surface area contributed by atoms with Crippen LogP contribution in [0.15, 0.2) is 48.9 Å². The van der Waals surface area contributed by atoms with Crippen LogP contribution < -0.4 is 5.73 Å². The third-order valence-corrected chi connectivity index (χ3v) is 3.54. The van der Waals surface area contributed by atoms with Gasteiger partial charge in [0, 0.05) is 35.9 Å². The fraction of sp³-hybridized carbons (Fsp3) is 0.222. The largest absolute Gasteiger partial charge is 0.480 e. The molecule has 0 amide bonds. The number of aromatic amines is 1. The Morgan fingerprint density at radius 3 is 2.57 bits per heavy atom. The molecule has 0 spiro atoms. The predicted molar refractivity (Wildman–Crippen MR) is 92.2 cm³/mol. The van der Waals surface area contributed by atoms with Crippen LogP contribution in [0.2, 0.25) is 0 Å². The first-order valence-electron chi connectivity index (χ1n) is 7.64. The van der Waals surface area contributed by atoms with Crippen LogP contribution in [-0.2, 0) is 11.2 Å². The number of aliphatic carboxylic acids is 1. The molecule has 5 heteroatoms. The number of hydrogen-bond donors (Lipinski definition) is 3. The Labute approximate surface area is 135 Å². The summed E-state index contributed by atoms with van der Waals surface area (Å²) in [6, 6.07) is 9.06. The predicted octanol–water partition coefficient (Wildman–Crippen LogP) is 3.21. The molecule has 0 aliphatic rings. The normalized spacial score (nSPS) is 11.6. The quantitative estimate of drug-likeness (QED) is 0.690. The van der Waals surface area contributed by atoms with Gasteiger partial charge >= 0.3 is 5.97 Å². The molecule has 3 aromatic rings. The SMILES string of the molecule is CC.NC(Cc1c[nH]c2cc(-c3ccncc3)ccc12)C(=O)O. The lowest BCUT2D eigenvalue weighted by Gasteiger charge is -2.05. The molecule has 120 valence electrons. The number of carbonyl (C=O) groups is 1. The number of rotatable bonds is 4. The number of nitrogens with two attached hydrogens (primary N) is 1. The number of nitrogens with zero attached hydrogens (tertiary/aromatic N) is 1. The van der Waals surface area contributed by atoms with Crippen LogP contribution in [0.4, 0.5) is 0 Å². The fourth-order valence-electron chi connectivity index (χ4n) is 2.40. The molecule has 0 radical (unpaired) electrons. The van der Waals surface area contributed by atoms with E-state index in [2.05, 4.69) is 9.97 Å². The average molecular weight is 311 g/mol. The molecule has 0 saturated heterocycles. The first kappa shape index (κ1) is 16.7. The second-order valence-electron chi connectivity index (χ2n) is 4.96. The highest BCUT2D eigenvalue weighted by Gasteiger charge is 2.15. The topological polar surface area (TPSA) is 92.0 Å². The van der Waals surface area contributed by atoms with Crippen molar-refractivity contribution < 1.29 is 9.90 Å². The van der Waals surface area contributed by atoms with Gasteiger partial charge in [-0.15, -0.1) is 0 Å². The van der Waals surface area contributed by atoms with Crippen LogP contribution >= 0.6 is 0 Å². The summed E-state index contributed by atoms with van der Waals surface area (Å²) in [7, 11) is 0. The zero-order valence-electron chi connectivity index (χ0n) is 13.3. The maximum Gasteiger partial charge on any atom is 0.320 e. The van der Waals surface area contributed by atoms with E-state index in [0.717, 1.165) is 27.6 Å². The number of nitrogens with one attached hydrogen (secondary N) is 1. The highest BCUT2D eigenvalue weighted by atomic mass is 16.4. The lowest BCUT2D eigenvalue weighted by molar-refractivity contribution is -0.138. The van der Waals surface area contributed by atoms with E-state index in [1.54, 1.807) is 12.4 Å². The number of carboxylic acid groups (broad SMARTS) is 1. The van der Waals surface area contributed by atoms with E-state index < -0.39 is 12.0 Å². The standard InChI is InChI=1S/C16H15N3O2.C2H6/c17-14(16(20)21)7-12-9-19-15-8-11(1-2-13(12)15)10-3-5-18-6-4-10;1-2/h1-6,8-9,14,19H,7,17H2,(H,20,21);1-2H3. The van der Waals surface area contributed by atoms with Gasteiger partial charge in [-0.05, 0) is 34.9 Å². The van der Waals surface area contributed by atoms with Crippen molar-refractivity contribution in [2.75, 3.05) is 0 Å². The number of fused-ring (bicyclic) bond motifs is 1. The van der Waals surface area contributed by atoms with E-state index in [0.29, 0.717) is 6.42 Å². The summed E-state index contributed by atoms with van der Waals surface area (Å²) in [6.07, 6.45) is 5.64. The molecule has 5 nitrogen and oxygen atoms in total. The molecule has 3 rings (SSSR count). The van der Waals surface area contributed by atoms with Gasteiger partial charge < -0.3 is 15.8 Å². The number of aromatic nitrogens is 2. The third-order valence-electron chi connectivity index (χ3n) is 3.54. The third kappa shape index (κ3) is 3.76. The summed E-state index contributed by atoms with van der Waals surface area (Å²) in [6.45, 7) is 4.00. The first-order chi connectivity index (χ1) is 11.1. The van der Waals surface area contributed by atoms with Crippen LogP contribution in [0.3, 0.4) is 0 Å². The molecular weight excluding hydrogens is 290 g/mol. The summed E-state index contributed by atoms with van der Waals surface area (Å²) in [5.41, 5.74) is 9.66. The molecule has 0 bridgehead atoms. The molecular formula is C18H21N3O2. The van der Waals surface area contributed by atoms with Crippen LogP contribution in [0.25, 0.3) is 22.0 Å². The van der Waals surface area contributed by atoms with E-state index >= 15 is 0 Å². The summed E-state index contributed by atoms with van der Waals surface area (Å²) in [5.74, 6) is -0.988. The van der Waals surface area contributed by atoms with Crippen molar-refractivity contribution in [1.29, 1.82) is 0 Å². The second-order valence-corrected chi connectivity index (χ2v) is 4.96. The second kappa shape index (κ2) is 7.56. The molecule has 0 aliphatic carbocycles. The van der Waals surface area contributed by atoms with Gasteiger partial charge in [0.2, 0.25) is 0 Å².